The highest BCUT2D eigenvalue weighted by molar-refractivity contribution is 5.99. The van der Waals surface area contributed by atoms with Crippen LogP contribution in [0.25, 0.3) is 10.9 Å². The van der Waals surface area contributed by atoms with Gasteiger partial charge in [0.25, 0.3) is 5.56 Å². The van der Waals surface area contributed by atoms with Crippen LogP contribution in [0.2, 0.25) is 0 Å². The van der Waals surface area contributed by atoms with Crippen molar-refractivity contribution in [3.8, 4) is 0 Å². The van der Waals surface area contributed by atoms with Gasteiger partial charge in [-0.15, -0.1) is 0 Å². The first-order valence-electron chi connectivity index (χ1n) is 16.8. The minimum absolute atomic E-state index is 0.214. The molecule has 2 aromatic rings. The van der Waals surface area contributed by atoms with Crippen LogP contribution in [-0.4, -0.2) is 76.0 Å². The molecule has 9 nitrogen and oxygen atoms in total. The van der Waals surface area contributed by atoms with Crippen molar-refractivity contribution < 1.29 is 9.59 Å². The summed E-state index contributed by atoms with van der Waals surface area (Å²) in [6, 6.07) is 5.91. The van der Waals surface area contributed by atoms with Crippen molar-refractivity contribution in [2.75, 3.05) is 38.0 Å². The normalized spacial score (nSPS) is 34.6. The standard InChI is InChI=1S/C34H48N6O3/c1-21-19-38(11-9-34-16-24-13-25(17-34)15-26(14-24)18-34)20-22(2)39(21)12-10-35-27-5-4-6-28-31(27)33(43)40(23(3)36-28)29-7-8-30(41)37-32(29)42/h4-6,21-22,24-26,29,35H,7-20H2,1-3H3,(H,37,41,42)/t21-,22-,24?,25?,26?,29-,34?/m1/s1. The summed E-state index contributed by atoms with van der Waals surface area (Å²) in [5, 5.41) is 6.40. The molecule has 9 heteroatoms. The Morgan fingerprint density at radius 1 is 0.977 bits per heavy atom. The molecular formula is C34H48N6O3. The molecule has 3 heterocycles. The molecule has 6 fully saturated rings. The summed E-state index contributed by atoms with van der Waals surface area (Å²) in [7, 11) is 0. The van der Waals surface area contributed by atoms with Crippen LogP contribution in [-0.2, 0) is 9.59 Å². The van der Waals surface area contributed by atoms with Crippen molar-refractivity contribution in [1.29, 1.82) is 0 Å². The van der Waals surface area contributed by atoms with Crippen molar-refractivity contribution >= 4 is 28.4 Å². The number of fused-ring (bicyclic) bond motifs is 1. The van der Waals surface area contributed by atoms with E-state index in [1.807, 2.05) is 18.2 Å². The summed E-state index contributed by atoms with van der Waals surface area (Å²) >= 11 is 0. The predicted molar refractivity (Wildman–Crippen MR) is 168 cm³/mol. The smallest absolute Gasteiger partial charge is 0.264 e. The van der Waals surface area contributed by atoms with E-state index in [0.29, 0.717) is 47.2 Å². The van der Waals surface area contributed by atoms with Gasteiger partial charge in [-0.1, -0.05) is 6.07 Å². The largest absolute Gasteiger partial charge is 0.383 e. The summed E-state index contributed by atoms with van der Waals surface area (Å²) in [6.45, 7) is 11.5. The minimum atomic E-state index is -0.726. The van der Waals surface area contributed by atoms with E-state index in [1.54, 1.807) is 6.92 Å². The molecule has 43 heavy (non-hydrogen) atoms. The van der Waals surface area contributed by atoms with Gasteiger partial charge < -0.3 is 10.2 Å². The molecular weight excluding hydrogens is 540 g/mol. The SMILES string of the molecule is Cc1nc2cccc(NCCN3[C@H](C)CN(CCC45CC6CC(CC(C6)C4)C5)C[C@H]3C)c2c(=O)n1[C@@H]1CCC(=O)NC1=O. The average Bonchev–Trinajstić information content (AvgIpc) is 2.93. The highest BCUT2D eigenvalue weighted by Crippen LogP contribution is 2.61. The number of piperidine rings is 1. The van der Waals surface area contributed by atoms with Crippen LogP contribution in [0.1, 0.15) is 83.5 Å². The Morgan fingerprint density at radius 2 is 1.65 bits per heavy atom. The molecule has 4 bridgehead atoms. The number of hydrogen-bond acceptors (Lipinski definition) is 7. The van der Waals surface area contributed by atoms with Crippen LogP contribution in [0.15, 0.2) is 23.0 Å². The number of aromatic nitrogens is 2. The van der Waals surface area contributed by atoms with E-state index in [-0.39, 0.29) is 17.9 Å². The maximum absolute atomic E-state index is 13.8. The van der Waals surface area contributed by atoms with Gasteiger partial charge in [0.1, 0.15) is 11.9 Å². The molecule has 1 aromatic carbocycles. The Kier molecular flexibility index (Phi) is 7.61. The molecule has 3 atom stereocenters. The Balaban J connectivity index is 0.982. The lowest BCUT2D eigenvalue weighted by atomic mass is 9.49. The van der Waals surface area contributed by atoms with Gasteiger partial charge in [-0.05, 0) is 114 Å². The molecule has 2 N–H and O–H groups in total. The lowest BCUT2D eigenvalue weighted by Gasteiger charge is -2.57. The van der Waals surface area contributed by atoms with Gasteiger partial charge in [0.15, 0.2) is 0 Å². The summed E-state index contributed by atoms with van der Waals surface area (Å²) in [5.41, 5.74) is 1.76. The Bertz CT molecular complexity index is 1420. The summed E-state index contributed by atoms with van der Waals surface area (Å²) in [5.74, 6) is 2.82. The number of aryl methyl sites for hydroxylation is 1. The summed E-state index contributed by atoms with van der Waals surface area (Å²) in [4.78, 5) is 48.1. The number of piperazine rings is 1. The number of anilines is 1. The average molecular weight is 589 g/mol. The third-order valence-corrected chi connectivity index (χ3v) is 11.6. The predicted octanol–water partition coefficient (Wildman–Crippen LogP) is 4.10. The molecule has 0 spiro atoms. The number of rotatable bonds is 8. The Morgan fingerprint density at radius 3 is 2.30 bits per heavy atom. The van der Waals surface area contributed by atoms with E-state index in [4.69, 9.17) is 0 Å². The van der Waals surface area contributed by atoms with E-state index >= 15 is 0 Å². The van der Waals surface area contributed by atoms with E-state index in [9.17, 15) is 14.4 Å². The zero-order valence-corrected chi connectivity index (χ0v) is 26.1. The van der Waals surface area contributed by atoms with Crippen molar-refractivity contribution in [2.45, 2.75) is 96.7 Å². The van der Waals surface area contributed by atoms with Gasteiger partial charge in [0, 0.05) is 50.4 Å². The number of nitrogens with one attached hydrogen (secondary N) is 2. The Labute approximate surface area is 254 Å². The van der Waals surface area contributed by atoms with Crippen LogP contribution in [0.4, 0.5) is 5.69 Å². The second kappa shape index (κ2) is 11.3. The van der Waals surface area contributed by atoms with Crippen molar-refractivity contribution in [1.82, 2.24) is 24.7 Å². The second-order valence-electron chi connectivity index (χ2n) is 14.8. The molecule has 0 radical (unpaired) electrons. The number of benzene rings is 1. The van der Waals surface area contributed by atoms with Gasteiger partial charge in [-0.2, -0.15) is 0 Å². The zero-order valence-electron chi connectivity index (χ0n) is 26.1. The van der Waals surface area contributed by atoms with Gasteiger partial charge >= 0.3 is 0 Å². The van der Waals surface area contributed by atoms with Crippen LogP contribution in [0.3, 0.4) is 0 Å². The van der Waals surface area contributed by atoms with Crippen LogP contribution >= 0.6 is 0 Å². The number of hydrogen-bond donors (Lipinski definition) is 2. The molecule has 0 unspecified atom stereocenters. The number of carbonyl (C=O) groups excluding carboxylic acids is 2. The monoisotopic (exact) mass is 588 g/mol. The van der Waals surface area contributed by atoms with Crippen molar-refractivity contribution in [2.24, 2.45) is 23.2 Å². The molecule has 8 rings (SSSR count). The number of amides is 2. The zero-order chi connectivity index (χ0) is 29.9. The molecule has 1 aromatic heterocycles. The molecule has 6 aliphatic rings. The lowest BCUT2D eigenvalue weighted by Crippen LogP contribution is -2.58. The summed E-state index contributed by atoms with van der Waals surface area (Å²) < 4.78 is 1.46. The van der Waals surface area contributed by atoms with Gasteiger partial charge in [-0.25, -0.2) is 4.98 Å². The highest BCUT2D eigenvalue weighted by atomic mass is 16.2. The van der Waals surface area contributed by atoms with Crippen molar-refractivity contribution in [3.63, 3.8) is 0 Å². The van der Waals surface area contributed by atoms with Crippen LogP contribution < -0.4 is 16.2 Å². The number of nitrogens with zero attached hydrogens (tertiary/aromatic N) is 4. The topological polar surface area (TPSA) is 99.6 Å². The Hall–Kier alpha value is -2.78. The van der Waals surface area contributed by atoms with E-state index in [0.717, 1.165) is 43.1 Å². The number of carbonyl (C=O) groups is 2. The molecule has 2 amide bonds. The quantitative estimate of drug-likeness (QED) is 0.448. The van der Waals surface area contributed by atoms with E-state index < -0.39 is 11.9 Å². The summed E-state index contributed by atoms with van der Waals surface area (Å²) in [6.07, 6.45) is 11.0. The van der Waals surface area contributed by atoms with Crippen LogP contribution in [0.5, 0.6) is 0 Å². The fraction of sp³-hybridized carbons (Fsp3) is 0.706. The van der Waals surface area contributed by atoms with Crippen LogP contribution in [0, 0.1) is 30.1 Å². The molecule has 2 aliphatic heterocycles. The maximum Gasteiger partial charge on any atom is 0.264 e. The lowest BCUT2D eigenvalue weighted by molar-refractivity contribution is -0.135. The fourth-order valence-corrected chi connectivity index (χ4v) is 10.2. The van der Waals surface area contributed by atoms with Gasteiger partial charge in [0.05, 0.1) is 10.9 Å². The number of imide groups is 1. The molecule has 232 valence electrons. The minimum Gasteiger partial charge on any atom is -0.383 e. The van der Waals surface area contributed by atoms with Gasteiger partial charge in [0.2, 0.25) is 11.8 Å². The first kappa shape index (κ1) is 29.0. The first-order chi connectivity index (χ1) is 20.7. The van der Waals surface area contributed by atoms with E-state index in [1.165, 1.54) is 56.1 Å². The van der Waals surface area contributed by atoms with Crippen molar-refractivity contribution in [3.05, 3.63) is 34.4 Å². The molecule has 4 aliphatic carbocycles. The third kappa shape index (κ3) is 5.52. The third-order valence-electron chi connectivity index (χ3n) is 11.6. The fourth-order valence-electron chi connectivity index (χ4n) is 10.2. The van der Waals surface area contributed by atoms with E-state index in [2.05, 4.69) is 39.3 Å². The molecule has 2 saturated heterocycles. The second-order valence-corrected chi connectivity index (χ2v) is 14.8. The molecule has 4 saturated carbocycles. The first-order valence-corrected chi connectivity index (χ1v) is 16.8. The highest BCUT2D eigenvalue weighted by Gasteiger charge is 2.50. The maximum atomic E-state index is 13.8. The van der Waals surface area contributed by atoms with Gasteiger partial charge in [-0.3, -0.25) is 29.2 Å².